The van der Waals surface area contributed by atoms with E-state index in [4.69, 9.17) is 0 Å². The summed E-state index contributed by atoms with van der Waals surface area (Å²) in [5.41, 5.74) is 1.01. The minimum Gasteiger partial charge on any atom is -0.356 e. The lowest BCUT2D eigenvalue weighted by Crippen LogP contribution is -2.47. The van der Waals surface area contributed by atoms with Crippen molar-refractivity contribution < 1.29 is 9.59 Å². The molecular weight excluding hydrogens is 509 g/mol. The number of unbranched alkanes of at least 4 members (excludes halogenated alkanes) is 1. The molecule has 9 nitrogen and oxygen atoms in total. The maximum atomic E-state index is 12.4. The molecule has 2 aliphatic rings. The molecule has 1 aromatic carbocycles. The highest BCUT2D eigenvalue weighted by Gasteiger charge is 2.34. The Kier molecular flexibility index (Phi) is 7.63. The van der Waals surface area contributed by atoms with Gasteiger partial charge >= 0.3 is 0 Å². The number of carbonyl (C=O) groups excluding carboxylic acids is 2. The second-order valence-corrected chi connectivity index (χ2v) is 7.65. The summed E-state index contributed by atoms with van der Waals surface area (Å²) in [4.78, 5) is 34.9. The van der Waals surface area contributed by atoms with Crippen LogP contribution in [0.2, 0.25) is 0 Å². The summed E-state index contributed by atoms with van der Waals surface area (Å²) in [6, 6.07) is 7.24. The Hall–Kier alpha value is -2.50. The van der Waals surface area contributed by atoms with Crippen LogP contribution in [0.4, 0.5) is 0 Å². The third kappa shape index (κ3) is 5.05. The molecule has 0 saturated heterocycles. The van der Waals surface area contributed by atoms with Gasteiger partial charge in [0, 0.05) is 32.6 Å². The number of imide groups is 1. The average molecular weight is 537 g/mol. The molecule has 0 radical (unpaired) electrons. The van der Waals surface area contributed by atoms with Crippen LogP contribution < -0.4 is 10.6 Å². The molecule has 10 heteroatoms. The number of nitrogens with one attached hydrogen (secondary N) is 2. The zero-order chi connectivity index (χ0) is 21.1. The van der Waals surface area contributed by atoms with Gasteiger partial charge in [-0.3, -0.25) is 19.5 Å². The summed E-state index contributed by atoms with van der Waals surface area (Å²) in [5, 5.41) is 11.2. The maximum Gasteiger partial charge on any atom is 0.261 e. The van der Waals surface area contributed by atoms with Crippen molar-refractivity contribution in [3.63, 3.8) is 0 Å². The van der Waals surface area contributed by atoms with Crippen molar-refractivity contribution in [2.75, 3.05) is 20.1 Å². The summed E-state index contributed by atoms with van der Waals surface area (Å²) < 4.78 is 1.96. The zero-order valence-electron chi connectivity index (χ0n) is 17.8. The first-order chi connectivity index (χ1) is 14.6. The first-order valence-corrected chi connectivity index (χ1v) is 10.4. The van der Waals surface area contributed by atoms with Gasteiger partial charge in [0.05, 0.1) is 17.7 Å². The van der Waals surface area contributed by atoms with Gasteiger partial charge < -0.3 is 10.6 Å². The molecule has 0 aliphatic carbocycles. The zero-order valence-corrected chi connectivity index (χ0v) is 20.1. The molecule has 2 aliphatic heterocycles. The third-order valence-electron chi connectivity index (χ3n) is 5.51. The van der Waals surface area contributed by atoms with Crippen LogP contribution in [0, 0.1) is 6.92 Å². The molecule has 2 aromatic rings. The summed E-state index contributed by atoms with van der Waals surface area (Å²) in [5.74, 6) is 2.22. The lowest BCUT2D eigenvalue weighted by Gasteiger charge is -2.25. The Morgan fingerprint density at radius 3 is 2.58 bits per heavy atom. The molecule has 0 saturated carbocycles. The van der Waals surface area contributed by atoms with E-state index in [2.05, 4.69) is 25.7 Å². The molecule has 31 heavy (non-hydrogen) atoms. The second kappa shape index (κ2) is 10.2. The number of rotatable bonds is 6. The van der Waals surface area contributed by atoms with Crippen molar-refractivity contribution in [2.45, 2.75) is 45.2 Å². The molecule has 0 spiro atoms. The lowest BCUT2D eigenvalue weighted by molar-refractivity contribution is 0.0652. The fraction of sp³-hybridized carbons (Fsp3) is 0.476. The van der Waals surface area contributed by atoms with E-state index in [-0.39, 0.29) is 41.8 Å². The standard InChI is InChI=1S/C21H27N7O2.HI/c1-14-24-18-10-9-15(13-28(18)26-14)25-21(22-2)23-11-5-6-12-27-19(29)16-7-3-4-8-17(16)20(27)30;/h3-4,7-8,15H,5-6,9-13H2,1-2H3,(H2,22,23,25);1H. The summed E-state index contributed by atoms with van der Waals surface area (Å²) in [6.45, 7) is 3.83. The Morgan fingerprint density at radius 1 is 1.19 bits per heavy atom. The number of amides is 2. The van der Waals surface area contributed by atoms with Crippen LogP contribution in [0.1, 0.15) is 51.6 Å². The number of hydrogen-bond acceptors (Lipinski definition) is 5. The van der Waals surface area contributed by atoms with Crippen molar-refractivity contribution in [1.29, 1.82) is 0 Å². The van der Waals surface area contributed by atoms with Crippen LogP contribution in [0.15, 0.2) is 29.3 Å². The van der Waals surface area contributed by atoms with Gasteiger partial charge in [0.25, 0.3) is 11.8 Å². The van der Waals surface area contributed by atoms with Crippen molar-refractivity contribution in [2.24, 2.45) is 4.99 Å². The molecule has 2 N–H and O–H groups in total. The minimum absolute atomic E-state index is 0. The second-order valence-electron chi connectivity index (χ2n) is 7.65. The van der Waals surface area contributed by atoms with Crippen molar-refractivity contribution >= 4 is 41.8 Å². The van der Waals surface area contributed by atoms with Crippen LogP contribution in [0.5, 0.6) is 0 Å². The number of nitrogens with zero attached hydrogens (tertiary/aromatic N) is 5. The van der Waals surface area contributed by atoms with Crippen LogP contribution in [0.25, 0.3) is 0 Å². The quantitative estimate of drug-likeness (QED) is 0.191. The van der Waals surface area contributed by atoms with Gasteiger partial charge in [-0.05, 0) is 38.3 Å². The van der Waals surface area contributed by atoms with Crippen molar-refractivity contribution in [3.8, 4) is 0 Å². The number of aliphatic imine (C=N–C) groups is 1. The van der Waals surface area contributed by atoms with Crippen LogP contribution in [-0.2, 0) is 13.0 Å². The van der Waals surface area contributed by atoms with Crippen molar-refractivity contribution in [1.82, 2.24) is 30.3 Å². The molecule has 0 bridgehead atoms. The Morgan fingerprint density at radius 2 is 1.90 bits per heavy atom. The van der Waals surface area contributed by atoms with E-state index in [9.17, 15) is 9.59 Å². The third-order valence-corrected chi connectivity index (χ3v) is 5.51. The van der Waals surface area contributed by atoms with E-state index in [1.807, 2.05) is 11.6 Å². The number of hydrogen-bond donors (Lipinski definition) is 2. The molecule has 4 rings (SSSR count). The van der Waals surface area contributed by atoms with Gasteiger partial charge in [0.1, 0.15) is 11.6 Å². The molecule has 1 atom stereocenters. The van der Waals surface area contributed by atoms with E-state index in [1.165, 1.54) is 4.90 Å². The first-order valence-electron chi connectivity index (χ1n) is 10.4. The lowest BCUT2D eigenvalue weighted by atomic mass is 10.1. The molecule has 0 fully saturated rings. The number of aryl methyl sites for hydroxylation is 2. The Balaban J connectivity index is 0.00000272. The summed E-state index contributed by atoms with van der Waals surface area (Å²) in [6.07, 6.45) is 3.44. The predicted octanol–water partition coefficient (Wildman–Crippen LogP) is 1.76. The van der Waals surface area contributed by atoms with E-state index in [0.29, 0.717) is 24.2 Å². The van der Waals surface area contributed by atoms with Gasteiger partial charge in [-0.1, -0.05) is 12.1 Å². The Bertz CT molecular complexity index is 953. The number of guanidine groups is 1. The topological polar surface area (TPSA) is 105 Å². The number of halogens is 1. The maximum absolute atomic E-state index is 12.4. The smallest absolute Gasteiger partial charge is 0.261 e. The number of benzene rings is 1. The molecule has 166 valence electrons. The number of aromatic nitrogens is 3. The van der Waals surface area contributed by atoms with Crippen LogP contribution in [-0.4, -0.2) is 63.6 Å². The normalized spacial score (nSPS) is 17.8. The fourth-order valence-corrected chi connectivity index (χ4v) is 3.98. The predicted molar refractivity (Wildman–Crippen MR) is 128 cm³/mol. The van der Waals surface area contributed by atoms with E-state index in [1.54, 1.807) is 31.3 Å². The highest BCUT2D eigenvalue weighted by molar-refractivity contribution is 14.0. The number of fused-ring (bicyclic) bond motifs is 2. The van der Waals surface area contributed by atoms with Gasteiger partial charge in [-0.25, -0.2) is 9.67 Å². The first kappa shape index (κ1) is 23.2. The summed E-state index contributed by atoms with van der Waals surface area (Å²) >= 11 is 0. The van der Waals surface area contributed by atoms with Gasteiger partial charge in [0.15, 0.2) is 5.96 Å². The monoisotopic (exact) mass is 537 g/mol. The largest absolute Gasteiger partial charge is 0.356 e. The van der Waals surface area contributed by atoms with Crippen LogP contribution >= 0.6 is 24.0 Å². The average Bonchev–Trinajstić information content (AvgIpc) is 3.24. The highest BCUT2D eigenvalue weighted by Crippen LogP contribution is 2.22. The highest BCUT2D eigenvalue weighted by atomic mass is 127. The fourth-order valence-electron chi connectivity index (χ4n) is 3.98. The Labute approximate surface area is 198 Å². The molecular formula is C21H28IN7O2. The summed E-state index contributed by atoms with van der Waals surface area (Å²) in [7, 11) is 1.75. The van der Waals surface area contributed by atoms with E-state index in [0.717, 1.165) is 49.8 Å². The van der Waals surface area contributed by atoms with Gasteiger partial charge in [0.2, 0.25) is 0 Å². The van der Waals surface area contributed by atoms with Gasteiger partial charge in [-0.2, -0.15) is 5.10 Å². The molecule has 1 unspecified atom stereocenters. The van der Waals surface area contributed by atoms with E-state index < -0.39 is 0 Å². The van der Waals surface area contributed by atoms with Crippen LogP contribution in [0.3, 0.4) is 0 Å². The molecule has 2 amide bonds. The van der Waals surface area contributed by atoms with Crippen molar-refractivity contribution in [3.05, 3.63) is 47.0 Å². The minimum atomic E-state index is -0.193. The molecule has 1 aromatic heterocycles. The number of carbonyl (C=O) groups is 2. The van der Waals surface area contributed by atoms with E-state index >= 15 is 0 Å². The van der Waals surface area contributed by atoms with Gasteiger partial charge in [-0.15, -0.1) is 24.0 Å². The molecule has 3 heterocycles. The SMILES string of the molecule is CN=C(NCCCCN1C(=O)c2ccccc2C1=O)NC1CCc2nc(C)nn2C1.I.